The number of hydrogen-bond donors (Lipinski definition) is 1. The van der Waals surface area contributed by atoms with Crippen molar-refractivity contribution in [3.8, 4) is 23.5 Å². The Morgan fingerprint density at radius 3 is 2.57 bits per heavy atom. The number of nitrogens with two attached hydrogens (primary N) is 1. The monoisotopic (exact) mass is 433 g/mol. The molecule has 0 fully saturated rings. The van der Waals surface area contributed by atoms with Crippen molar-refractivity contribution in [3.05, 3.63) is 74.1 Å². The number of allylic oxidation sites excluding steroid dienone is 3. The third kappa shape index (κ3) is 2.97. The van der Waals surface area contributed by atoms with Gasteiger partial charge in [-0.3, -0.25) is 5.73 Å². The number of anilines is 1. The fourth-order valence-corrected chi connectivity index (χ4v) is 4.08. The first-order valence-corrected chi connectivity index (χ1v) is 9.76. The summed E-state index contributed by atoms with van der Waals surface area (Å²) in [5.74, 6) is 1.40. The molecule has 0 aliphatic heterocycles. The van der Waals surface area contributed by atoms with Gasteiger partial charge >= 0.3 is 0 Å². The predicted molar refractivity (Wildman–Crippen MR) is 117 cm³/mol. The normalized spacial score (nSPS) is 14.0. The molecule has 0 saturated heterocycles. The first-order chi connectivity index (χ1) is 14.4. The SMILES string of the molecule is CC1=C(C#N)c2[nH+]c(N)c(C#N)c(C)c2/C1=C/c1ccc(-c2cccc(Cl)c2Cl)o1. The molecule has 1 aliphatic rings. The second kappa shape index (κ2) is 7.39. The van der Waals surface area contributed by atoms with Crippen molar-refractivity contribution in [2.75, 3.05) is 5.73 Å². The van der Waals surface area contributed by atoms with Crippen LogP contribution in [0.25, 0.3) is 28.5 Å². The Balaban J connectivity index is 1.88. The minimum atomic E-state index is 0.242. The van der Waals surface area contributed by atoms with Crippen LogP contribution >= 0.6 is 23.2 Å². The Morgan fingerprint density at radius 1 is 1.10 bits per heavy atom. The smallest absolute Gasteiger partial charge is 0.289 e. The third-order valence-electron chi connectivity index (χ3n) is 5.18. The maximum Gasteiger partial charge on any atom is 0.289 e. The van der Waals surface area contributed by atoms with Gasteiger partial charge < -0.3 is 4.42 Å². The summed E-state index contributed by atoms with van der Waals surface area (Å²) in [6.45, 7) is 3.68. The van der Waals surface area contributed by atoms with E-state index in [-0.39, 0.29) is 5.82 Å². The highest BCUT2D eigenvalue weighted by Crippen LogP contribution is 2.43. The maximum atomic E-state index is 9.67. The number of nitrogen functional groups attached to an aromatic ring is 1. The standard InChI is InChI=1S/C23H14Cl2N4O/c1-11-15(20-12(2)17(10-27)23(28)29-22(20)16(11)9-26)8-13-6-7-19(30-13)14-4-3-5-18(24)21(14)25/h3-8H,1-2H3,(H2,28,29)/p+1/b15-8+. The lowest BCUT2D eigenvalue weighted by atomic mass is 9.96. The molecule has 0 radical (unpaired) electrons. The molecule has 4 rings (SSSR count). The number of halogens is 2. The molecule has 0 saturated carbocycles. The lowest BCUT2D eigenvalue weighted by molar-refractivity contribution is -0.364. The lowest BCUT2D eigenvalue weighted by Gasteiger charge is -2.07. The highest BCUT2D eigenvalue weighted by atomic mass is 35.5. The molecule has 3 N–H and O–H groups in total. The Hall–Kier alpha value is -3.51. The molecular formula is C23H15Cl2N4O+. The van der Waals surface area contributed by atoms with Gasteiger partial charge in [0.05, 0.1) is 10.0 Å². The van der Waals surface area contributed by atoms with E-state index in [1.807, 2.05) is 38.1 Å². The van der Waals surface area contributed by atoms with Crippen LogP contribution in [0, 0.1) is 29.6 Å². The summed E-state index contributed by atoms with van der Waals surface area (Å²) >= 11 is 12.4. The zero-order valence-corrected chi connectivity index (χ0v) is 17.6. The van der Waals surface area contributed by atoms with Gasteiger partial charge in [-0.15, -0.1) is 0 Å². The average molecular weight is 434 g/mol. The summed E-state index contributed by atoms with van der Waals surface area (Å²) in [7, 11) is 0. The maximum absolute atomic E-state index is 9.67. The molecule has 0 unspecified atom stereocenters. The highest BCUT2D eigenvalue weighted by Gasteiger charge is 2.32. The van der Waals surface area contributed by atoms with Gasteiger partial charge in [0.25, 0.3) is 5.82 Å². The molecule has 0 atom stereocenters. The summed E-state index contributed by atoms with van der Waals surface area (Å²) in [5.41, 5.74) is 11.2. The number of nitrogens with zero attached hydrogens (tertiary/aromatic N) is 2. The Morgan fingerprint density at radius 2 is 1.87 bits per heavy atom. The third-order valence-corrected chi connectivity index (χ3v) is 6.00. The van der Waals surface area contributed by atoms with Crippen LogP contribution in [0.15, 0.2) is 40.3 Å². The van der Waals surface area contributed by atoms with Gasteiger partial charge in [0.15, 0.2) is 5.69 Å². The van der Waals surface area contributed by atoms with E-state index in [0.29, 0.717) is 49.5 Å². The summed E-state index contributed by atoms with van der Waals surface area (Å²) < 4.78 is 5.99. The second-order valence-electron chi connectivity index (χ2n) is 6.87. The van der Waals surface area contributed by atoms with Gasteiger partial charge in [0, 0.05) is 11.1 Å². The highest BCUT2D eigenvalue weighted by molar-refractivity contribution is 6.43. The Bertz CT molecular complexity index is 1370. The van der Waals surface area contributed by atoms with Crippen molar-refractivity contribution in [3.63, 3.8) is 0 Å². The van der Waals surface area contributed by atoms with Crippen molar-refractivity contribution in [1.29, 1.82) is 10.5 Å². The van der Waals surface area contributed by atoms with Crippen LogP contribution in [0.2, 0.25) is 10.0 Å². The molecule has 3 aromatic rings. The molecule has 0 amide bonds. The topological polar surface area (TPSA) is 101 Å². The summed E-state index contributed by atoms with van der Waals surface area (Å²) in [6, 6.07) is 13.3. The first-order valence-electron chi connectivity index (χ1n) is 9.00. The zero-order valence-electron chi connectivity index (χ0n) is 16.1. The first kappa shape index (κ1) is 19.8. The number of nitrogens with one attached hydrogen (secondary N) is 1. The minimum absolute atomic E-state index is 0.242. The van der Waals surface area contributed by atoms with Crippen LogP contribution in [0.1, 0.15) is 35.1 Å². The number of aromatic amines is 1. The Kier molecular flexibility index (Phi) is 4.87. The van der Waals surface area contributed by atoms with E-state index < -0.39 is 0 Å². The lowest BCUT2D eigenvalue weighted by Crippen LogP contribution is -2.20. The van der Waals surface area contributed by atoms with Crippen molar-refractivity contribution in [1.82, 2.24) is 0 Å². The van der Waals surface area contributed by atoms with Crippen molar-refractivity contribution in [2.45, 2.75) is 13.8 Å². The summed E-state index contributed by atoms with van der Waals surface area (Å²) in [5, 5.41) is 20.0. The number of aromatic nitrogens is 1. The largest absolute Gasteiger partial charge is 0.457 e. The number of nitriles is 2. The number of fused-ring (bicyclic) bond motifs is 1. The van der Waals surface area contributed by atoms with Gasteiger partial charge in [0.2, 0.25) is 0 Å². The van der Waals surface area contributed by atoms with E-state index in [2.05, 4.69) is 17.1 Å². The number of hydrogen-bond acceptors (Lipinski definition) is 4. The molecule has 0 bridgehead atoms. The van der Waals surface area contributed by atoms with Crippen LogP contribution in [-0.2, 0) is 0 Å². The van der Waals surface area contributed by atoms with Gasteiger partial charge in [-0.2, -0.15) is 10.5 Å². The molecule has 5 nitrogen and oxygen atoms in total. The van der Waals surface area contributed by atoms with Gasteiger partial charge in [-0.05, 0) is 60.9 Å². The van der Waals surface area contributed by atoms with Crippen molar-refractivity contribution >= 4 is 46.2 Å². The van der Waals surface area contributed by atoms with Crippen LogP contribution in [0.4, 0.5) is 5.82 Å². The number of furan rings is 1. The van der Waals surface area contributed by atoms with E-state index in [4.69, 9.17) is 33.4 Å². The summed E-state index contributed by atoms with van der Waals surface area (Å²) in [4.78, 5) is 3.01. The van der Waals surface area contributed by atoms with E-state index in [9.17, 15) is 10.5 Å². The Labute approximate surface area is 183 Å². The summed E-state index contributed by atoms with van der Waals surface area (Å²) in [6.07, 6.45) is 1.85. The second-order valence-corrected chi connectivity index (χ2v) is 7.66. The fraction of sp³-hybridized carbons (Fsp3) is 0.0870. The fourth-order valence-electron chi connectivity index (χ4n) is 3.68. The number of rotatable bonds is 2. The van der Waals surface area contributed by atoms with Crippen LogP contribution in [-0.4, -0.2) is 0 Å². The number of pyridine rings is 1. The molecular weight excluding hydrogens is 419 g/mol. The molecule has 2 heterocycles. The molecule has 146 valence electrons. The predicted octanol–water partition coefficient (Wildman–Crippen LogP) is 5.68. The zero-order chi connectivity index (χ0) is 21.6. The number of H-pyrrole nitrogens is 1. The van der Waals surface area contributed by atoms with Crippen molar-refractivity contribution < 1.29 is 9.40 Å². The van der Waals surface area contributed by atoms with Crippen molar-refractivity contribution in [2.24, 2.45) is 0 Å². The van der Waals surface area contributed by atoms with E-state index >= 15 is 0 Å². The molecule has 30 heavy (non-hydrogen) atoms. The van der Waals surface area contributed by atoms with Crippen LogP contribution in [0.5, 0.6) is 0 Å². The average Bonchev–Trinajstić information content (AvgIpc) is 3.27. The molecule has 7 heteroatoms. The molecule has 1 aliphatic carbocycles. The van der Waals surface area contributed by atoms with Gasteiger partial charge in [0.1, 0.15) is 34.8 Å². The quantitative estimate of drug-likeness (QED) is 0.561. The van der Waals surface area contributed by atoms with E-state index in [1.165, 1.54) is 0 Å². The molecule has 2 aromatic heterocycles. The van der Waals surface area contributed by atoms with Crippen LogP contribution in [0.3, 0.4) is 0 Å². The van der Waals surface area contributed by atoms with Gasteiger partial charge in [-0.25, -0.2) is 4.98 Å². The van der Waals surface area contributed by atoms with Gasteiger partial charge in [-0.1, -0.05) is 29.3 Å². The minimum Gasteiger partial charge on any atom is -0.457 e. The van der Waals surface area contributed by atoms with Crippen LogP contribution < -0.4 is 10.7 Å². The number of benzene rings is 1. The molecule has 0 spiro atoms. The van der Waals surface area contributed by atoms with E-state index in [1.54, 1.807) is 12.1 Å². The molecule has 1 aromatic carbocycles. The van der Waals surface area contributed by atoms with E-state index in [0.717, 1.165) is 16.7 Å².